The van der Waals surface area contributed by atoms with Crippen LogP contribution in [0.3, 0.4) is 0 Å². The van der Waals surface area contributed by atoms with E-state index in [-0.39, 0.29) is 5.91 Å². The van der Waals surface area contributed by atoms with Crippen LogP contribution < -0.4 is 16.2 Å². The van der Waals surface area contributed by atoms with E-state index in [1.807, 2.05) is 24.3 Å². The third kappa shape index (κ3) is 4.03. The number of anilines is 1. The van der Waals surface area contributed by atoms with E-state index in [0.29, 0.717) is 5.56 Å². The first-order valence-corrected chi connectivity index (χ1v) is 8.88. The Kier molecular flexibility index (Phi) is 5.51. The number of benzene rings is 1. The molecule has 1 aromatic carbocycles. The number of nitrogens with one attached hydrogen (secondary N) is 1. The molecule has 126 valence electrons. The van der Waals surface area contributed by atoms with Gasteiger partial charge in [0.15, 0.2) is 0 Å². The van der Waals surface area contributed by atoms with E-state index in [1.54, 1.807) is 0 Å². The minimum absolute atomic E-state index is 0.241. The average molecular weight is 316 g/mol. The second-order valence-electron chi connectivity index (χ2n) is 6.69. The molecule has 0 aromatic heterocycles. The van der Waals surface area contributed by atoms with Crippen LogP contribution in [0.1, 0.15) is 48.9 Å². The number of amides is 1. The first kappa shape index (κ1) is 16.3. The number of hydrogen-bond donors (Lipinski definition) is 2. The van der Waals surface area contributed by atoms with Gasteiger partial charge < -0.3 is 4.90 Å². The molecule has 1 heterocycles. The molecular weight excluding hydrogens is 288 g/mol. The zero-order valence-electron chi connectivity index (χ0n) is 13.8. The number of rotatable bonds is 3. The molecule has 3 N–H and O–H groups in total. The number of carbonyl (C=O) groups excluding carboxylic acids is 1. The summed E-state index contributed by atoms with van der Waals surface area (Å²) >= 11 is 0. The van der Waals surface area contributed by atoms with Crippen molar-refractivity contribution in [3.63, 3.8) is 0 Å². The van der Waals surface area contributed by atoms with Crippen molar-refractivity contribution in [2.24, 2.45) is 5.84 Å². The summed E-state index contributed by atoms with van der Waals surface area (Å²) in [5.41, 5.74) is 3.97. The number of carbonyl (C=O) groups is 1. The van der Waals surface area contributed by atoms with Crippen molar-refractivity contribution in [1.29, 1.82) is 0 Å². The highest BCUT2D eigenvalue weighted by atomic mass is 16.2. The molecule has 0 atom stereocenters. The molecule has 0 spiro atoms. The van der Waals surface area contributed by atoms with E-state index in [2.05, 4.69) is 15.2 Å². The summed E-state index contributed by atoms with van der Waals surface area (Å²) in [5.74, 6) is 4.93. The Morgan fingerprint density at radius 3 is 2.13 bits per heavy atom. The molecule has 1 saturated carbocycles. The topological polar surface area (TPSA) is 61.6 Å². The van der Waals surface area contributed by atoms with Gasteiger partial charge in [-0.2, -0.15) is 0 Å². The molecule has 1 aromatic rings. The van der Waals surface area contributed by atoms with Gasteiger partial charge >= 0.3 is 0 Å². The molecule has 5 nitrogen and oxygen atoms in total. The summed E-state index contributed by atoms with van der Waals surface area (Å²) in [6, 6.07) is 8.53. The van der Waals surface area contributed by atoms with Gasteiger partial charge in [-0.05, 0) is 37.1 Å². The van der Waals surface area contributed by atoms with Gasteiger partial charge in [-0.25, -0.2) is 5.84 Å². The lowest BCUT2D eigenvalue weighted by Crippen LogP contribution is -2.50. The van der Waals surface area contributed by atoms with E-state index >= 15 is 0 Å². The van der Waals surface area contributed by atoms with Crippen LogP contribution in [0, 0.1) is 0 Å². The molecule has 2 fully saturated rings. The highest BCUT2D eigenvalue weighted by Crippen LogP contribution is 2.24. The molecule has 1 saturated heterocycles. The fourth-order valence-corrected chi connectivity index (χ4v) is 3.88. The number of nitrogens with two attached hydrogens (primary N) is 1. The van der Waals surface area contributed by atoms with E-state index in [0.717, 1.165) is 32.2 Å². The van der Waals surface area contributed by atoms with Gasteiger partial charge in [-0.1, -0.05) is 25.7 Å². The van der Waals surface area contributed by atoms with Crippen LogP contribution in [0.5, 0.6) is 0 Å². The highest BCUT2D eigenvalue weighted by molar-refractivity contribution is 5.94. The molecular formula is C18H28N4O. The predicted molar refractivity (Wildman–Crippen MR) is 93.4 cm³/mol. The lowest BCUT2D eigenvalue weighted by atomic mass is 10.1. The summed E-state index contributed by atoms with van der Waals surface area (Å²) in [4.78, 5) is 16.6. The predicted octanol–water partition coefficient (Wildman–Crippen LogP) is 2.13. The number of nitrogens with zero attached hydrogens (tertiary/aromatic N) is 2. The summed E-state index contributed by atoms with van der Waals surface area (Å²) in [6.45, 7) is 4.43. The molecule has 0 unspecified atom stereocenters. The van der Waals surface area contributed by atoms with Crippen molar-refractivity contribution in [3.8, 4) is 0 Å². The second-order valence-corrected chi connectivity index (χ2v) is 6.69. The third-order valence-corrected chi connectivity index (χ3v) is 5.28. The zero-order chi connectivity index (χ0) is 16.1. The number of hydrogen-bond acceptors (Lipinski definition) is 4. The molecule has 2 aliphatic rings. The molecule has 1 amide bonds. The Balaban J connectivity index is 1.55. The summed E-state index contributed by atoms with van der Waals surface area (Å²) in [5, 5.41) is 0. The second kappa shape index (κ2) is 7.79. The third-order valence-electron chi connectivity index (χ3n) is 5.28. The summed E-state index contributed by atoms with van der Waals surface area (Å²) in [6.07, 6.45) is 8.38. The first-order valence-electron chi connectivity index (χ1n) is 8.88. The Hall–Kier alpha value is -1.59. The van der Waals surface area contributed by atoms with Crippen molar-refractivity contribution in [1.82, 2.24) is 10.3 Å². The molecule has 3 rings (SSSR count). The van der Waals surface area contributed by atoms with Crippen molar-refractivity contribution in [3.05, 3.63) is 29.8 Å². The number of piperazine rings is 1. The van der Waals surface area contributed by atoms with Crippen LogP contribution in [0.2, 0.25) is 0 Å². The van der Waals surface area contributed by atoms with E-state index in [4.69, 9.17) is 5.84 Å². The van der Waals surface area contributed by atoms with Crippen LogP contribution in [0.25, 0.3) is 0 Å². The highest BCUT2D eigenvalue weighted by Gasteiger charge is 2.24. The molecule has 0 radical (unpaired) electrons. The molecule has 1 aliphatic heterocycles. The first-order chi connectivity index (χ1) is 11.3. The SMILES string of the molecule is NNC(=O)c1ccc(N2CCN(C3CCCCCC3)CC2)cc1. The van der Waals surface area contributed by atoms with Crippen LogP contribution in [0.15, 0.2) is 24.3 Å². The molecule has 23 heavy (non-hydrogen) atoms. The molecule has 5 heteroatoms. The minimum Gasteiger partial charge on any atom is -0.369 e. The van der Waals surface area contributed by atoms with Gasteiger partial charge in [-0.15, -0.1) is 0 Å². The zero-order valence-corrected chi connectivity index (χ0v) is 13.8. The normalized spacial score (nSPS) is 21.0. The average Bonchev–Trinajstić information content (AvgIpc) is 2.91. The molecule has 1 aliphatic carbocycles. The Labute approximate surface area is 138 Å². The van der Waals surface area contributed by atoms with Gasteiger partial charge in [0.1, 0.15) is 0 Å². The largest absolute Gasteiger partial charge is 0.369 e. The summed E-state index contributed by atoms with van der Waals surface area (Å²) < 4.78 is 0. The standard InChI is InChI=1S/C18H28N4O/c19-20-18(23)15-7-9-17(10-8-15)22-13-11-21(12-14-22)16-5-3-1-2-4-6-16/h7-10,16H,1-6,11-14,19H2,(H,20,23). The fraction of sp³-hybridized carbons (Fsp3) is 0.611. The maximum absolute atomic E-state index is 11.5. The summed E-state index contributed by atoms with van der Waals surface area (Å²) in [7, 11) is 0. The van der Waals surface area contributed by atoms with Crippen LogP contribution in [-0.4, -0.2) is 43.0 Å². The maximum Gasteiger partial charge on any atom is 0.265 e. The van der Waals surface area contributed by atoms with Crippen molar-refractivity contribution >= 4 is 11.6 Å². The maximum atomic E-state index is 11.5. The van der Waals surface area contributed by atoms with Gasteiger partial charge in [-0.3, -0.25) is 15.1 Å². The molecule has 0 bridgehead atoms. The van der Waals surface area contributed by atoms with Crippen molar-refractivity contribution < 1.29 is 4.79 Å². The quantitative estimate of drug-likeness (QED) is 0.388. The number of hydrazine groups is 1. The fourth-order valence-electron chi connectivity index (χ4n) is 3.88. The smallest absolute Gasteiger partial charge is 0.265 e. The van der Waals surface area contributed by atoms with Crippen molar-refractivity contribution in [2.45, 2.75) is 44.6 Å². The van der Waals surface area contributed by atoms with E-state index in [1.165, 1.54) is 44.2 Å². The number of nitrogen functional groups attached to an aromatic ring is 1. The van der Waals surface area contributed by atoms with Crippen molar-refractivity contribution in [2.75, 3.05) is 31.1 Å². The minimum atomic E-state index is -0.241. The van der Waals surface area contributed by atoms with Crippen LogP contribution in [0.4, 0.5) is 5.69 Å². The van der Waals surface area contributed by atoms with Gasteiger partial charge in [0.25, 0.3) is 5.91 Å². The van der Waals surface area contributed by atoms with Gasteiger partial charge in [0.05, 0.1) is 0 Å². The Morgan fingerprint density at radius 2 is 1.57 bits per heavy atom. The monoisotopic (exact) mass is 316 g/mol. The van der Waals surface area contributed by atoms with Crippen LogP contribution >= 0.6 is 0 Å². The lowest BCUT2D eigenvalue weighted by molar-refractivity contribution is 0.0953. The van der Waals surface area contributed by atoms with E-state index < -0.39 is 0 Å². The Bertz CT molecular complexity index is 500. The van der Waals surface area contributed by atoms with Gasteiger partial charge in [0, 0.05) is 43.5 Å². The Morgan fingerprint density at radius 1 is 0.957 bits per heavy atom. The lowest BCUT2D eigenvalue weighted by Gasteiger charge is -2.40. The van der Waals surface area contributed by atoms with Crippen LogP contribution in [-0.2, 0) is 0 Å². The van der Waals surface area contributed by atoms with E-state index in [9.17, 15) is 4.79 Å². The van der Waals surface area contributed by atoms with Gasteiger partial charge in [0.2, 0.25) is 0 Å².